The minimum atomic E-state index is -1.27. The third-order valence-electron chi connectivity index (χ3n) is 2.95. The molecule has 0 aliphatic heterocycles. The second-order valence-electron chi connectivity index (χ2n) is 4.36. The maximum absolute atomic E-state index is 11.9. The minimum absolute atomic E-state index is 0. The Morgan fingerprint density at radius 1 is 1.23 bits per heavy atom. The Bertz CT molecular complexity index is 827. The fourth-order valence-electron chi connectivity index (χ4n) is 1.90. The molecule has 3 heterocycles. The fourth-order valence-corrected chi connectivity index (χ4v) is 2.66. The van der Waals surface area contributed by atoms with Crippen LogP contribution < -0.4 is 29.3 Å². The van der Waals surface area contributed by atoms with Crippen molar-refractivity contribution in [3.8, 4) is 0 Å². The number of thiophene rings is 1. The molecule has 1 N–H and O–H groups in total. The van der Waals surface area contributed by atoms with Crippen molar-refractivity contribution >= 4 is 28.9 Å². The van der Waals surface area contributed by atoms with Crippen LogP contribution in [0.25, 0.3) is 5.65 Å². The van der Waals surface area contributed by atoms with Crippen LogP contribution in [0.5, 0.6) is 0 Å². The SMILES string of the molecule is O=C([O-])c1ccc(C(=O)NCc2ccn3ccnc3c2)s1.[Li+]. The van der Waals surface area contributed by atoms with Gasteiger partial charge in [-0.05, 0) is 29.8 Å². The molecule has 0 atom stereocenters. The average molecular weight is 307 g/mol. The standard InChI is InChI=1S/C14H11N3O3S.Li/c18-13(10-1-2-11(21-10)14(19)20)16-8-9-3-5-17-6-4-15-12(17)7-9;/h1-7H,8H2,(H,16,18)(H,19,20);/q;+1/p-1. The van der Waals surface area contributed by atoms with E-state index in [9.17, 15) is 14.7 Å². The summed E-state index contributed by atoms with van der Waals surface area (Å²) in [5, 5.41) is 13.4. The number of carboxylic acid groups (broad SMARTS) is 1. The van der Waals surface area contributed by atoms with Crippen molar-refractivity contribution in [3.63, 3.8) is 0 Å². The number of aromatic carboxylic acids is 1. The van der Waals surface area contributed by atoms with Gasteiger partial charge in [0, 0.05) is 25.1 Å². The topological polar surface area (TPSA) is 86.5 Å². The molecule has 3 rings (SSSR count). The molecule has 0 fully saturated rings. The molecule has 22 heavy (non-hydrogen) atoms. The van der Waals surface area contributed by atoms with Crippen molar-refractivity contribution in [3.05, 3.63) is 58.2 Å². The van der Waals surface area contributed by atoms with Gasteiger partial charge in [-0.25, -0.2) is 4.98 Å². The van der Waals surface area contributed by atoms with Crippen molar-refractivity contribution in [2.45, 2.75) is 6.54 Å². The first kappa shape index (κ1) is 16.3. The molecule has 6 nitrogen and oxygen atoms in total. The molecule has 0 aromatic carbocycles. The van der Waals surface area contributed by atoms with Crippen molar-refractivity contribution in [2.24, 2.45) is 0 Å². The number of pyridine rings is 1. The molecule has 0 bridgehead atoms. The molecule has 8 heteroatoms. The molecule has 0 radical (unpaired) electrons. The monoisotopic (exact) mass is 307 g/mol. The molecule has 1 amide bonds. The summed E-state index contributed by atoms with van der Waals surface area (Å²) < 4.78 is 1.87. The van der Waals surface area contributed by atoms with Crippen LogP contribution in [-0.2, 0) is 6.54 Å². The van der Waals surface area contributed by atoms with E-state index < -0.39 is 5.97 Å². The van der Waals surface area contributed by atoms with Crippen LogP contribution in [0, 0.1) is 0 Å². The molecular weight excluding hydrogens is 297 g/mol. The van der Waals surface area contributed by atoms with Gasteiger partial charge >= 0.3 is 18.9 Å². The zero-order valence-corrected chi connectivity index (χ0v) is 12.6. The minimum Gasteiger partial charge on any atom is -0.544 e. The van der Waals surface area contributed by atoms with E-state index in [-0.39, 0.29) is 29.6 Å². The van der Waals surface area contributed by atoms with Crippen molar-refractivity contribution < 1.29 is 33.6 Å². The molecular formula is C14H10LiN3O3S. The van der Waals surface area contributed by atoms with Gasteiger partial charge in [0.1, 0.15) is 5.65 Å². The van der Waals surface area contributed by atoms with Gasteiger partial charge in [0.25, 0.3) is 5.91 Å². The summed E-state index contributed by atoms with van der Waals surface area (Å²) in [6.45, 7) is 0.348. The number of carboxylic acids is 1. The molecule has 0 aliphatic rings. The zero-order valence-electron chi connectivity index (χ0n) is 11.8. The van der Waals surface area contributed by atoms with Gasteiger partial charge in [-0.3, -0.25) is 4.79 Å². The van der Waals surface area contributed by atoms with E-state index in [4.69, 9.17) is 0 Å². The second kappa shape index (κ2) is 6.79. The predicted molar refractivity (Wildman–Crippen MR) is 75.0 cm³/mol. The smallest absolute Gasteiger partial charge is 0.544 e. The van der Waals surface area contributed by atoms with E-state index in [0.717, 1.165) is 22.5 Å². The first-order valence-corrected chi connectivity index (χ1v) is 6.96. The van der Waals surface area contributed by atoms with Gasteiger partial charge in [-0.15, -0.1) is 11.3 Å². The summed E-state index contributed by atoms with van der Waals surface area (Å²) >= 11 is 0.898. The average Bonchev–Trinajstić information content (AvgIpc) is 3.12. The molecule has 0 saturated heterocycles. The van der Waals surface area contributed by atoms with Crippen LogP contribution in [0.4, 0.5) is 0 Å². The number of carbonyl (C=O) groups is 2. The van der Waals surface area contributed by atoms with E-state index in [1.165, 1.54) is 12.1 Å². The Labute approximate surface area is 142 Å². The maximum atomic E-state index is 11.9. The van der Waals surface area contributed by atoms with Crippen molar-refractivity contribution in [2.75, 3.05) is 0 Å². The number of rotatable bonds is 4. The summed E-state index contributed by atoms with van der Waals surface area (Å²) in [6.07, 6.45) is 5.40. The quantitative estimate of drug-likeness (QED) is 0.549. The van der Waals surface area contributed by atoms with Gasteiger partial charge in [0.15, 0.2) is 0 Å². The Balaban J connectivity index is 0.00000176. The van der Waals surface area contributed by atoms with E-state index in [1.54, 1.807) is 6.20 Å². The molecule has 0 spiro atoms. The number of hydrogen-bond acceptors (Lipinski definition) is 5. The summed E-state index contributed by atoms with van der Waals surface area (Å²) in [6, 6.07) is 6.60. The van der Waals surface area contributed by atoms with E-state index >= 15 is 0 Å². The summed E-state index contributed by atoms with van der Waals surface area (Å²) in [7, 11) is 0. The number of carbonyl (C=O) groups excluding carboxylic acids is 2. The Morgan fingerprint density at radius 2 is 2.00 bits per heavy atom. The largest absolute Gasteiger partial charge is 1.00 e. The fraction of sp³-hybridized carbons (Fsp3) is 0.0714. The van der Waals surface area contributed by atoms with Crippen molar-refractivity contribution in [1.29, 1.82) is 0 Å². The molecule has 0 aliphatic carbocycles. The number of hydrogen-bond donors (Lipinski definition) is 1. The van der Waals surface area contributed by atoms with E-state index in [1.807, 2.05) is 28.9 Å². The van der Waals surface area contributed by atoms with Gasteiger partial charge < -0.3 is 19.6 Å². The number of amides is 1. The van der Waals surface area contributed by atoms with E-state index in [2.05, 4.69) is 10.3 Å². The summed E-state index contributed by atoms with van der Waals surface area (Å²) in [4.78, 5) is 27.2. The van der Waals surface area contributed by atoms with Crippen LogP contribution in [0.3, 0.4) is 0 Å². The summed E-state index contributed by atoms with van der Waals surface area (Å²) in [5.41, 5.74) is 1.72. The van der Waals surface area contributed by atoms with Gasteiger partial charge in [0.05, 0.1) is 15.7 Å². The Morgan fingerprint density at radius 3 is 2.73 bits per heavy atom. The van der Waals surface area contributed by atoms with Crippen LogP contribution in [0.15, 0.2) is 42.9 Å². The van der Waals surface area contributed by atoms with Crippen LogP contribution in [0.1, 0.15) is 24.9 Å². The van der Waals surface area contributed by atoms with Crippen molar-refractivity contribution in [1.82, 2.24) is 14.7 Å². The first-order valence-electron chi connectivity index (χ1n) is 6.14. The van der Waals surface area contributed by atoms with Gasteiger partial charge in [0.2, 0.25) is 0 Å². The third-order valence-corrected chi connectivity index (χ3v) is 4.01. The normalized spacial score (nSPS) is 10.2. The van der Waals surface area contributed by atoms with Crippen LogP contribution in [-0.4, -0.2) is 21.3 Å². The van der Waals surface area contributed by atoms with E-state index in [0.29, 0.717) is 11.4 Å². The molecule has 3 aromatic rings. The van der Waals surface area contributed by atoms with Gasteiger partial charge in [-0.2, -0.15) is 0 Å². The zero-order chi connectivity index (χ0) is 14.8. The molecule has 3 aromatic heterocycles. The number of imidazole rings is 1. The number of aromatic nitrogens is 2. The predicted octanol–water partition coefficient (Wildman–Crippen LogP) is -2.31. The van der Waals surface area contributed by atoms with Crippen LogP contribution in [0.2, 0.25) is 0 Å². The molecule has 106 valence electrons. The Hall–Kier alpha value is -2.07. The molecule has 0 saturated carbocycles. The first-order chi connectivity index (χ1) is 10.1. The number of nitrogens with zero attached hydrogens (tertiary/aromatic N) is 2. The van der Waals surface area contributed by atoms with Crippen LogP contribution >= 0.6 is 11.3 Å². The Kier molecular flexibility index (Phi) is 5.03. The number of fused-ring (bicyclic) bond motifs is 1. The third kappa shape index (κ3) is 3.39. The molecule has 0 unspecified atom stereocenters. The van der Waals surface area contributed by atoms with Gasteiger partial charge in [-0.1, -0.05) is 0 Å². The summed E-state index contributed by atoms with van der Waals surface area (Å²) in [5.74, 6) is -1.58. The number of nitrogens with one attached hydrogen (secondary N) is 1. The maximum Gasteiger partial charge on any atom is 1.00 e. The second-order valence-corrected chi connectivity index (χ2v) is 5.45.